The van der Waals surface area contributed by atoms with Gasteiger partial charge in [-0.05, 0) is 13.3 Å². The van der Waals surface area contributed by atoms with Crippen LogP contribution in [0.4, 0.5) is 0 Å². The minimum atomic E-state index is 0.509. The highest BCUT2D eigenvalue weighted by Crippen LogP contribution is 2.02. The summed E-state index contributed by atoms with van der Waals surface area (Å²) in [6.45, 7) is 4.26. The fourth-order valence-electron chi connectivity index (χ4n) is 0.462. The molecular weight excluding hydrogens is 150 g/mol. The second-order valence-electron chi connectivity index (χ2n) is 2.15. The molecule has 0 aliphatic heterocycles. The molecule has 3 heteroatoms. The summed E-state index contributed by atoms with van der Waals surface area (Å²) in [6.07, 6.45) is 1.11. The SMILES string of the molecule is CCC(C)N(C)C(=S)S. The van der Waals surface area contributed by atoms with Crippen LogP contribution in [0, 0.1) is 0 Å². The highest BCUT2D eigenvalue weighted by molar-refractivity contribution is 8.10. The molecule has 1 atom stereocenters. The van der Waals surface area contributed by atoms with Gasteiger partial charge in [-0.25, -0.2) is 0 Å². The molecule has 0 spiro atoms. The normalized spacial score (nSPS) is 12.9. The Kier molecular flexibility index (Phi) is 4.23. The van der Waals surface area contributed by atoms with E-state index in [4.69, 9.17) is 12.2 Å². The number of thiol groups is 1. The smallest absolute Gasteiger partial charge is 0.133 e. The van der Waals surface area contributed by atoms with Crippen LogP contribution >= 0.6 is 24.8 Å². The first-order chi connectivity index (χ1) is 4.09. The van der Waals surface area contributed by atoms with Gasteiger partial charge in [0.15, 0.2) is 0 Å². The van der Waals surface area contributed by atoms with Gasteiger partial charge in [-0.2, -0.15) is 0 Å². The Morgan fingerprint density at radius 2 is 2.22 bits per heavy atom. The Hall–Kier alpha value is 0.240. The summed E-state index contributed by atoms with van der Waals surface area (Å²) in [7, 11) is 1.96. The van der Waals surface area contributed by atoms with E-state index in [2.05, 4.69) is 26.5 Å². The summed E-state index contributed by atoms with van der Waals surface area (Å²) in [5, 5.41) is 0. The van der Waals surface area contributed by atoms with Crippen molar-refractivity contribution in [1.82, 2.24) is 4.90 Å². The summed E-state index contributed by atoms with van der Waals surface area (Å²) in [5.41, 5.74) is 0. The van der Waals surface area contributed by atoms with Crippen LogP contribution in [0.15, 0.2) is 0 Å². The average molecular weight is 163 g/mol. The van der Waals surface area contributed by atoms with Crippen molar-refractivity contribution in [3.8, 4) is 0 Å². The first kappa shape index (κ1) is 9.24. The molecule has 0 aromatic rings. The molecular formula is C6H13NS2. The van der Waals surface area contributed by atoms with Crippen LogP contribution in [-0.4, -0.2) is 22.3 Å². The Morgan fingerprint density at radius 1 is 1.78 bits per heavy atom. The van der Waals surface area contributed by atoms with Crippen molar-refractivity contribution in [2.24, 2.45) is 0 Å². The third-order valence-electron chi connectivity index (χ3n) is 1.55. The largest absolute Gasteiger partial charge is 0.358 e. The summed E-state index contributed by atoms with van der Waals surface area (Å²) in [6, 6.07) is 0.509. The molecule has 0 amide bonds. The minimum absolute atomic E-state index is 0.509. The van der Waals surface area contributed by atoms with E-state index in [-0.39, 0.29) is 0 Å². The topological polar surface area (TPSA) is 3.24 Å². The van der Waals surface area contributed by atoms with Crippen molar-refractivity contribution in [3.63, 3.8) is 0 Å². The zero-order chi connectivity index (χ0) is 7.44. The molecule has 0 N–H and O–H groups in total. The summed E-state index contributed by atoms with van der Waals surface area (Å²) in [5.74, 6) is 0. The highest BCUT2D eigenvalue weighted by Gasteiger charge is 2.05. The van der Waals surface area contributed by atoms with Crippen LogP contribution < -0.4 is 0 Å². The van der Waals surface area contributed by atoms with E-state index in [1.54, 1.807) is 0 Å². The van der Waals surface area contributed by atoms with E-state index in [0.717, 1.165) is 6.42 Å². The Morgan fingerprint density at radius 3 is 2.33 bits per heavy atom. The first-order valence-corrected chi connectivity index (χ1v) is 3.90. The first-order valence-electron chi connectivity index (χ1n) is 3.05. The van der Waals surface area contributed by atoms with Gasteiger partial charge in [0.05, 0.1) is 0 Å². The Bertz CT molecular complexity index is 103. The van der Waals surface area contributed by atoms with Crippen molar-refractivity contribution in [3.05, 3.63) is 0 Å². The lowest BCUT2D eigenvalue weighted by atomic mass is 10.2. The van der Waals surface area contributed by atoms with Gasteiger partial charge in [-0.15, -0.1) is 12.6 Å². The van der Waals surface area contributed by atoms with E-state index < -0.39 is 0 Å². The fraction of sp³-hybridized carbons (Fsp3) is 0.833. The molecule has 0 saturated carbocycles. The van der Waals surface area contributed by atoms with Crippen LogP contribution in [0.2, 0.25) is 0 Å². The van der Waals surface area contributed by atoms with Gasteiger partial charge in [-0.3, -0.25) is 0 Å². The zero-order valence-electron chi connectivity index (χ0n) is 6.09. The molecule has 9 heavy (non-hydrogen) atoms. The summed E-state index contributed by atoms with van der Waals surface area (Å²) < 4.78 is 0.671. The predicted molar refractivity (Wildman–Crippen MR) is 49.1 cm³/mol. The van der Waals surface area contributed by atoms with Crippen LogP contribution in [0.3, 0.4) is 0 Å². The average Bonchev–Trinajstić information content (AvgIpc) is 1.84. The van der Waals surface area contributed by atoms with Crippen LogP contribution in [0.1, 0.15) is 20.3 Å². The molecule has 0 aliphatic carbocycles. The maximum Gasteiger partial charge on any atom is 0.133 e. The molecule has 0 aromatic carbocycles. The number of hydrogen-bond donors (Lipinski definition) is 1. The van der Waals surface area contributed by atoms with Gasteiger partial charge in [-0.1, -0.05) is 19.1 Å². The molecule has 0 heterocycles. The third kappa shape index (κ3) is 3.06. The van der Waals surface area contributed by atoms with E-state index in [9.17, 15) is 0 Å². The summed E-state index contributed by atoms with van der Waals surface area (Å²) in [4.78, 5) is 1.98. The second kappa shape index (κ2) is 4.12. The van der Waals surface area contributed by atoms with Crippen molar-refractivity contribution in [2.45, 2.75) is 26.3 Å². The Labute approximate surface area is 67.8 Å². The number of thiocarbonyl (C=S) groups is 1. The maximum atomic E-state index is 4.85. The molecule has 0 radical (unpaired) electrons. The van der Waals surface area contributed by atoms with E-state index >= 15 is 0 Å². The molecule has 1 unspecified atom stereocenters. The van der Waals surface area contributed by atoms with Crippen LogP contribution in [0.25, 0.3) is 0 Å². The maximum absolute atomic E-state index is 4.85. The van der Waals surface area contributed by atoms with Crippen molar-refractivity contribution >= 4 is 29.2 Å². The number of nitrogens with zero attached hydrogens (tertiary/aromatic N) is 1. The van der Waals surface area contributed by atoms with E-state index in [0.29, 0.717) is 10.4 Å². The molecule has 0 rings (SSSR count). The quantitative estimate of drug-likeness (QED) is 0.489. The lowest BCUT2D eigenvalue weighted by Gasteiger charge is -2.23. The highest BCUT2D eigenvalue weighted by atomic mass is 32.1. The Balaban J connectivity index is 3.72. The van der Waals surface area contributed by atoms with E-state index in [1.165, 1.54) is 0 Å². The van der Waals surface area contributed by atoms with Crippen molar-refractivity contribution < 1.29 is 0 Å². The van der Waals surface area contributed by atoms with Crippen LogP contribution in [0.5, 0.6) is 0 Å². The fourth-order valence-corrected chi connectivity index (χ4v) is 0.839. The monoisotopic (exact) mass is 163 g/mol. The molecule has 0 aliphatic rings. The van der Waals surface area contributed by atoms with Crippen molar-refractivity contribution in [2.75, 3.05) is 7.05 Å². The van der Waals surface area contributed by atoms with Gasteiger partial charge in [0.2, 0.25) is 0 Å². The molecule has 1 nitrogen and oxygen atoms in total. The number of rotatable bonds is 2. The third-order valence-corrected chi connectivity index (χ3v) is 2.16. The molecule has 0 fully saturated rings. The van der Waals surface area contributed by atoms with Gasteiger partial charge in [0.25, 0.3) is 0 Å². The standard InChI is InChI=1S/C6H13NS2/c1-4-5(2)7(3)6(8)9/h5H,4H2,1-3H3,(H,8,9). The lowest BCUT2D eigenvalue weighted by Crippen LogP contribution is -2.30. The van der Waals surface area contributed by atoms with Crippen molar-refractivity contribution in [1.29, 1.82) is 0 Å². The minimum Gasteiger partial charge on any atom is -0.358 e. The lowest BCUT2D eigenvalue weighted by molar-refractivity contribution is 0.393. The molecule has 0 aromatic heterocycles. The zero-order valence-corrected chi connectivity index (χ0v) is 7.80. The van der Waals surface area contributed by atoms with Gasteiger partial charge >= 0.3 is 0 Å². The molecule has 0 bridgehead atoms. The summed E-state index contributed by atoms with van der Waals surface area (Å²) >= 11 is 8.89. The van der Waals surface area contributed by atoms with E-state index in [1.807, 2.05) is 11.9 Å². The van der Waals surface area contributed by atoms with Gasteiger partial charge < -0.3 is 4.90 Å². The molecule has 0 saturated heterocycles. The predicted octanol–water partition coefficient (Wildman–Crippen LogP) is 1.93. The number of hydrogen-bond acceptors (Lipinski definition) is 1. The van der Waals surface area contributed by atoms with Gasteiger partial charge in [0, 0.05) is 13.1 Å². The second-order valence-corrected chi connectivity index (χ2v) is 3.26. The molecule has 54 valence electrons. The van der Waals surface area contributed by atoms with Crippen LogP contribution in [-0.2, 0) is 0 Å². The van der Waals surface area contributed by atoms with Gasteiger partial charge in [0.1, 0.15) is 4.32 Å².